The van der Waals surface area contributed by atoms with Crippen molar-refractivity contribution in [1.82, 2.24) is 9.91 Å². The second kappa shape index (κ2) is 8.36. The Kier molecular flexibility index (Phi) is 5.63. The molecule has 8 heteroatoms. The summed E-state index contributed by atoms with van der Waals surface area (Å²) in [5, 5.41) is 6.65. The molecule has 0 spiro atoms. The van der Waals surface area contributed by atoms with Gasteiger partial charge in [0.1, 0.15) is 6.54 Å². The molecular weight excluding hydrogens is 406 g/mol. The number of carbonyl (C=O) groups excluding carboxylic acids is 2. The number of carbonyl (C=O) groups is 2. The van der Waals surface area contributed by atoms with Gasteiger partial charge >= 0.3 is 0 Å². The van der Waals surface area contributed by atoms with Gasteiger partial charge in [-0.25, -0.2) is 5.01 Å². The van der Waals surface area contributed by atoms with E-state index in [2.05, 4.69) is 5.10 Å². The van der Waals surface area contributed by atoms with E-state index in [1.165, 1.54) is 9.91 Å². The number of fused-ring (bicyclic) bond motifs is 1. The van der Waals surface area contributed by atoms with E-state index in [1.54, 1.807) is 20.0 Å². The zero-order chi connectivity index (χ0) is 21.3. The van der Waals surface area contributed by atoms with Gasteiger partial charge in [-0.1, -0.05) is 42.8 Å². The third-order valence-corrected chi connectivity index (χ3v) is 5.56. The number of nitrogens with zero attached hydrogens (tertiary/aromatic N) is 3. The summed E-state index contributed by atoms with van der Waals surface area (Å²) in [6.45, 7) is 1.90. The summed E-state index contributed by atoms with van der Waals surface area (Å²) in [7, 11) is 1.62. The van der Waals surface area contributed by atoms with Crippen LogP contribution in [0, 0.1) is 0 Å². The largest absolute Gasteiger partial charge is 0.454 e. The van der Waals surface area contributed by atoms with Crippen LogP contribution in [0.4, 0.5) is 0 Å². The van der Waals surface area contributed by atoms with Crippen molar-refractivity contribution in [3.05, 3.63) is 58.6 Å². The van der Waals surface area contributed by atoms with Gasteiger partial charge in [0.15, 0.2) is 11.5 Å². The molecule has 156 valence electrons. The van der Waals surface area contributed by atoms with Crippen LogP contribution < -0.4 is 9.47 Å². The Balaban J connectivity index is 1.66. The Hall–Kier alpha value is -3.06. The molecule has 0 aliphatic carbocycles. The predicted molar refractivity (Wildman–Crippen MR) is 113 cm³/mol. The number of rotatable bonds is 5. The summed E-state index contributed by atoms with van der Waals surface area (Å²) in [4.78, 5) is 26.5. The minimum atomic E-state index is -0.330. The van der Waals surface area contributed by atoms with Crippen LogP contribution >= 0.6 is 11.6 Å². The number of benzene rings is 2. The lowest BCUT2D eigenvalue weighted by atomic mass is 9.98. The van der Waals surface area contributed by atoms with Crippen molar-refractivity contribution in [1.29, 1.82) is 0 Å². The van der Waals surface area contributed by atoms with E-state index in [0.717, 1.165) is 16.8 Å². The van der Waals surface area contributed by atoms with Crippen molar-refractivity contribution >= 4 is 29.1 Å². The van der Waals surface area contributed by atoms with Crippen LogP contribution in [0.15, 0.2) is 47.6 Å². The monoisotopic (exact) mass is 427 g/mol. The Morgan fingerprint density at radius 3 is 2.73 bits per heavy atom. The lowest BCUT2D eigenvalue weighted by Crippen LogP contribution is -2.38. The minimum absolute atomic E-state index is 0.0486. The first kappa shape index (κ1) is 20.2. The quantitative estimate of drug-likeness (QED) is 0.730. The highest BCUT2D eigenvalue weighted by Gasteiger charge is 2.35. The number of hydrogen-bond acceptors (Lipinski definition) is 5. The summed E-state index contributed by atoms with van der Waals surface area (Å²) in [5.74, 6) is 0.959. The maximum absolute atomic E-state index is 13.1. The highest BCUT2D eigenvalue weighted by atomic mass is 35.5. The van der Waals surface area contributed by atoms with Crippen LogP contribution in [0.5, 0.6) is 11.5 Å². The maximum atomic E-state index is 13.1. The molecule has 2 aromatic carbocycles. The Morgan fingerprint density at radius 2 is 1.97 bits per heavy atom. The standard InChI is InChI=1S/C22H22ClN3O4/c1-3-21(27)25(2)12-22(28)26-18(14-8-9-19-20(10-14)30-13-29-19)11-17(24-26)15-6-4-5-7-16(15)23/h4-10,18H,3,11-13H2,1-2H3. The van der Waals surface area contributed by atoms with Gasteiger partial charge in [-0.05, 0) is 23.8 Å². The van der Waals surface area contributed by atoms with Gasteiger partial charge in [0.25, 0.3) is 5.91 Å². The molecular formula is C22H22ClN3O4. The van der Waals surface area contributed by atoms with E-state index in [9.17, 15) is 9.59 Å². The SMILES string of the molecule is CCC(=O)N(C)CC(=O)N1N=C(c2ccccc2Cl)CC1c1ccc2c(c1)OCO2. The highest BCUT2D eigenvalue weighted by molar-refractivity contribution is 6.34. The van der Waals surface area contributed by atoms with Crippen LogP contribution in [0.25, 0.3) is 0 Å². The van der Waals surface area contributed by atoms with Crippen molar-refractivity contribution in [2.45, 2.75) is 25.8 Å². The molecule has 1 unspecified atom stereocenters. The van der Waals surface area contributed by atoms with E-state index >= 15 is 0 Å². The van der Waals surface area contributed by atoms with Crippen molar-refractivity contribution < 1.29 is 19.1 Å². The summed E-state index contributed by atoms with van der Waals surface area (Å²) >= 11 is 6.37. The predicted octanol–water partition coefficient (Wildman–Crippen LogP) is 3.61. The fraction of sp³-hybridized carbons (Fsp3) is 0.318. The third-order valence-electron chi connectivity index (χ3n) is 5.23. The van der Waals surface area contributed by atoms with Gasteiger partial charge in [0.05, 0.1) is 11.8 Å². The molecule has 0 fully saturated rings. The van der Waals surface area contributed by atoms with Crippen molar-refractivity contribution in [3.63, 3.8) is 0 Å². The smallest absolute Gasteiger partial charge is 0.262 e. The Bertz CT molecular complexity index is 1020. The molecule has 0 N–H and O–H groups in total. The van der Waals surface area contributed by atoms with Gasteiger partial charge < -0.3 is 14.4 Å². The molecule has 0 radical (unpaired) electrons. The highest BCUT2D eigenvalue weighted by Crippen LogP contribution is 2.39. The molecule has 0 bridgehead atoms. The number of ether oxygens (including phenoxy) is 2. The molecule has 4 rings (SSSR count). The summed E-state index contributed by atoms with van der Waals surface area (Å²) in [6, 6.07) is 12.7. The van der Waals surface area contributed by atoms with E-state index in [-0.39, 0.29) is 31.2 Å². The molecule has 2 amide bonds. The zero-order valence-electron chi connectivity index (χ0n) is 16.8. The Morgan fingerprint density at radius 1 is 1.20 bits per heavy atom. The van der Waals surface area contributed by atoms with Crippen LogP contribution in [-0.2, 0) is 9.59 Å². The average molecular weight is 428 g/mol. The number of halogens is 1. The van der Waals surface area contributed by atoms with Crippen molar-refractivity contribution in [3.8, 4) is 11.5 Å². The summed E-state index contributed by atoms with van der Waals surface area (Å²) in [5.41, 5.74) is 2.39. The molecule has 2 heterocycles. The number of hydrogen-bond donors (Lipinski definition) is 0. The van der Waals surface area contributed by atoms with Gasteiger partial charge in [-0.2, -0.15) is 5.10 Å². The molecule has 7 nitrogen and oxygen atoms in total. The van der Waals surface area contributed by atoms with Crippen LogP contribution in [0.2, 0.25) is 5.02 Å². The molecule has 1 atom stereocenters. The second-order valence-electron chi connectivity index (χ2n) is 7.20. The lowest BCUT2D eigenvalue weighted by Gasteiger charge is -2.25. The fourth-order valence-electron chi connectivity index (χ4n) is 3.61. The number of hydrazone groups is 1. The van der Waals surface area contributed by atoms with Crippen molar-refractivity contribution in [2.24, 2.45) is 5.10 Å². The first-order valence-electron chi connectivity index (χ1n) is 9.76. The molecule has 0 aromatic heterocycles. The van der Waals surface area contributed by atoms with Gasteiger partial charge in [0.2, 0.25) is 12.7 Å². The van der Waals surface area contributed by atoms with Gasteiger partial charge in [0, 0.05) is 30.5 Å². The third kappa shape index (κ3) is 3.85. The normalized spacial score (nSPS) is 17.1. The van der Waals surface area contributed by atoms with Gasteiger partial charge in [-0.15, -0.1) is 0 Å². The number of likely N-dealkylation sites (N-methyl/N-ethyl adjacent to an activating group) is 1. The molecule has 2 aliphatic rings. The molecule has 2 aliphatic heterocycles. The average Bonchev–Trinajstić information content (AvgIpc) is 3.40. The van der Waals surface area contributed by atoms with E-state index in [0.29, 0.717) is 29.4 Å². The first-order valence-corrected chi connectivity index (χ1v) is 10.1. The van der Waals surface area contributed by atoms with Gasteiger partial charge in [-0.3, -0.25) is 9.59 Å². The van der Waals surface area contributed by atoms with E-state index < -0.39 is 0 Å². The minimum Gasteiger partial charge on any atom is -0.454 e. The number of amides is 2. The summed E-state index contributed by atoms with van der Waals surface area (Å²) < 4.78 is 10.9. The zero-order valence-corrected chi connectivity index (χ0v) is 17.6. The second-order valence-corrected chi connectivity index (χ2v) is 7.61. The molecule has 0 saturated heterocycles. The first-order chi connectivity index (χ1) is 14.5. The van der Waals surface area contributed by atoms with Crippen molar-refractivity contribution in [2.75, 3.05) is 20.4 Å². The Labute approximate surface area is 179 Å². The van der Waals surface area contributed by atoms with Crippen LogP contribution in [0.3, 0.4) is 0 Å². The maximum Gasteiger partial charge on any atom is 0.262 e. The fourth-order valence-corrected chi connectivity index (χ4v) is 3.86. The topological polar surface area (TPSA) is 71.4 Å². The lowest BCUT2D eigenvalue weighted by molar-refractivity contribution is -0.140. The van der Waals surface area contributed by atoms with Crippen LogP contribution in [-0.4, -0.2) is 47.8 Å². The van der Waals surface area contributed by atoms with Crippen LogP contribution in [0.1, 0.15) is 36.9 Å². The molecule has 0 saturated carbocycles. The van der Waals surface area contributed by atoms with E-state index in [1.807, 2.05) is 36.4 Å². The summed E-state index contributed by atoms with van der Waals surface area (Å²) in [6.07, 6.45) is 0.837. The molecule has 30 heavy (non-hydrogen) atoms. The van der Waals surface area contributed by atoms with E-state index in [4.69, 9.17) is 21.1 Å². The molecule has 2 aromatic rings.